The normalized spacial score (nSPS) is 12.9. The fraction of sp³-hybridized carbons (Fsp3) is 0.294. The van der Waals surface area contributed by atoms with Crippen molar-refractivity contribution in [1.29, 1.82) is 0 Å². The van der Waals surface area contributed by atoms with E-state index in [1.807, 2.05) is 19.9 Å². The molecule has 1 rings (SSSR count). The fourth-order valence-electron chi connectivity index (χ4n) is 1.85. The lowest BCUT2D eigenvalue weighted by Gasteiger charge is -2.16. The van der Waals surface area contributed by atoms with Crippen LogP contribution in [0.2, 0.25) is 0 Å². The highest BCUT2D eigenvalue weighted by Gasteiger charge is 2.10. The Morgan fingerprint density at radius 2 is 2.22 bits per heavy atom. The molecule has 0 aliphatic rings. The highest BCUT2D eigenvalue weighted by molar-refractivity contribution is 5.70. The molecule has 1 aromatic carbocycles. The Morgan fingerprint density at radius 1 is 1.56 bits per heavy atom. The van der Waals surface area contributed by atoms with Gasteiger partial charge in [-0.15, -0.1) is 6.42 Å². The van der Waals surface area contributed by atoms with Crippen LogP contribution in [-0.2, 0) is 0 Å². The lowest BCUT2D eigenvalue weighted by Crippen LogP contribution is -2.21. The summed E-state index contributed by atoms with van der Waals surface area (Å²) >= 11 is 0. The molecular weight excluding hydrogens is 218 g/mol. The molecule has 0 aromatic heterocycles. The molecule has 0 spiro atoms. The van der Waals surface area contributed by atoms with Gasteiger partial charge in [-0.3, -0.25) is 0 Å². The van der Waals surface area contributed by atoms with Crippen LogP contribution in [0.25, 0.3) is 5.57 Å². The van der Waals surface area contributed by atoms with Crippen LogP contribution in [0.1, 0.15) is 37.0 Å². The third-order valence-corrected chi connectivity index (χ3v) is 3.17. The average Bonchev–Trinajstić information content (AvgIpc) is 2.36. The monoisotopic (exact) mass is 239 g/mol. The predicted molar refractivity (Wildman–Crippen MR) is 80.2 cm³/mol. The molecule has 0 aliphatic heterocycles. The van der Waals surface area contributed by atoms with Crippen LogP contribution in [0, 0.1) is 19.3 Å². The molecule has 18 heavy (non-hydrogen) atoms. The second-order valence-electron chi connectivity index (χ2n) is 4.64. The number of allylic oxidation sites excluding steroid dienone is 1. The summed E-state index contributed by atoms with van der Waals surface area (Å²) in [6.45, 7) is 9.99. The predicted octanol–water partition coefficient (Wildman–Crippen LogP) is 3.67. The van der Waals surface area contributed by atoms with Gasteiger partial charge in [-0.2, -0.15) is 0 Å². The highest BCUT2D eigenvalue weighted by Crippen LogP contribution is 2.25. The largest absolute Gasteiger partial charge is 0.324 e. The van der Waals surface area contributed by atoms with E-state index >= 15 is 0 Å². The van der Waals surface area contributed by atoms with E-state index in [2.05, 4.69) is 37.6 Å². The minimum absolute atomic E-state index is 0.00917. The number of nitrogens with two attached hydrogens (primary N) is 1. The summed E-state index contributed by atoms with van der Waals surface area (Å²) in [6, 6.07) is 6.06. The van der Waals surface area contributed by atoms with Crippen molar-refractivity contribution in [2.24, 2.45) is 5.73 Å². The summed E-state index contributed by atoms with van der Waals surface area (Å²) in [6.07, 6.45) is 8.35. The van der Waals surface area contributed by atoms with Crippen LogP contribution in [0.15, 0.2) is 36.4 Å². The summed E-state index contributed by atoms with van der Waals surface area (Å²) in [5, 5.41) is 0. The topological polar surface area (TPSA) is 26.0 Å². The third-order valence-electron chi connectivity index (χ3n) is 3.17. The zero-order valence-electron chi connectivity index (χ0n) is 11.5. The Hall–Kier alpha value is -1.78. The summed E-state index contributed by atoms with van der Waals surface area (Å²) < 4.78 is 0. The smallest absolute Gasteiger partial charge is 0.0289 e. The Kier molecular flexibility index (Phi) is 4.95. The van der Waals surface area contributed by atoms with Crippen LogP contribution in [0.3, 0.4) is 0 Å². The first kappa shape index (κ1) is 14.3. The second kappa shape index (κ2) is 6.23. The third kappa shape index (κ3) is 3.35. The fourth-order valence-corrected chi connectivity index (χ4v) is 1.85. The molecule has 0 heterocycles. The first-order valence-electron chi connectivity index (χ1n) is 6.13. The maximum Gasteiger partial charge on any atom is 0.0289 e. The van der Waals surface area contributed by atoms with Gasteiger partial charge in [0.25, 0.3) is 0 Å². The van der Waals surface area contributed by atoms with Crippen molar-refractivity contribution in [3.05, 3.63) is 53.1 Å². The van der Waals surface area contributed by atoms with E-state index < -0.39 is 0 Å². The first-order chi connectivity index (χ1) is 8.49. The van der Waals surface area contributed by atoms with Crippen molar-refractivity contribution < 1.29 is 0 Å². The number of benzene rings is 1. The number of rotatable bonds is 4. The number of aryl methyl sites for hydroxylation is 1. The number of hydrogen-bond donors (Lipinski definition) is 1. The number of hydrogen-bond acceptors (Lipinski definition) is 1. The molecule has 0 bridgehead atoms. The van der Waals surface area contributed by atoms with E-state index in [0.717, 1.165) is 17.6 Å². The van der Waals surface area contributed by atoms with E-state index in [0.29, 0.717) is 0 Å². The first-order valence-corrected chi connectivity index (χ1v) is 6.13. The Balaban J connectivity index is 3.11. The van der Waals surface area contributed by atoms with E-state index in [-0.39, 0.29) is 6.04 Å². The second-order valence-corrected chi connectivity index (χ2v) is 4.64. The van der Waals surface area contributed by atoms with Crippen LogP contribution in [0.5, 0.6) is 0 Å². The summed E-state index contributed by atoms with van der Waals surface area (Å²) in [5.41, 5.74) is 11.6. The maximum atomic E-state index is 6.07. The van der Waals surface area contributed by atoms with Crippen LogP contribution in [-0.4, -0.2) is 6.04 Å². The molecule has 0 fully saturated rings. The van der Waals surface area contributed by atoms with Crippen LogP contribution in [0.4, 0.5) is 0 Å². The molecule has 1 unspecified atom stereocenters. The van der Waals surface area contributed by atoms with E-state index in [4.69, 9.17) is 12.2 Å². The molecule has 1 aromatic rings. The highest BCUT2D eigenvalue weighted by atomic mass is 14.6. The molecule has 0 radical (unpaired) electrons. The van der Waals surface area contributed by atoms with E-state index in [9.17, 15) is 0 Å². The van der Waals surface area contributed by atoms with Gasteiger partial charge in [0.05, 0.1) is 0 Å². The van der Waals surface area contributed by atoms with Gasteiger partial charge in [0.15, 0.2) is 0 Å². The SMILES string of the molecule is C#Cc1ccc(C)c(/C(=C\C)CC(N)C(=C)C)c1. The van der Waals surface area contributed by atoms with Gasteiger partial charge >= 0.3 is 0 Å². The van der Waals surface area contributed by atoms with Gasteiger partial charge in [0.2, 0.25) is 0 Å². The lowest BCUT2D eigenvalue weighted by atomic mass is 9.92. The molecule has 0 saturated carbocycles. The Labute approximate surface area is 110 Å². The van der Waals surface area contributed by atoms with Crippen LogP contribution >= 0.6 is 0 Å². The molecule has 2 N–H and O–H groups in total. The Morgan fingerprint density at radius 3 is 2.72 bits per heavy atom. The van der Waals surface area contributed by atoms with Crippen LogP contribution < -0.4 is 5.73 Å². The van der Waals surface area contributed by atoms with Gasteiger partial charge in [-0.25, -0.2) is 0 Å². The molecule has 0 aliphatic carbocycles. The minimum Gasteiger partial charge on any atom is -0.324 e. The molecule has 0 saturated heterocycles. The zero-order valence-corrected chi connectivity index (χ0v) is 11.5. The van der Waals surface area contributed by atoms with Crippen molar-refractivity contribution >= 4 is 5.57 Å². The molecule has 1 heteroatoms. The van der Waals surface area contributed by atoms with Crippen molar-refractivity contribution in [3.63, 3.8) is 0 Å². The van der Waals surface area contributed by atoms with E-state index in [1.54, 1.807) is 0 Å². The quantitative estimate of drug-likeness (QED) is 0.629. The summed E-state index contributed by atoms with van der Waals surface area (Å²) in [5.74, 6) is 2.67. The molecule has 94 valence electrons. The average molecular weight is 239 g/mol. The van der Waals surface area contributed by atoms with Gasteiger partial charge in [-0.05, 0) is 56.0 Å². The van der Waals surface area contributed by atoms with Gasteiger partial charge in [-0.1, -0.05) is 30.2 Å². The Bertz CT molecular complexity index is 515. The van der Waals surface area contributed by atoms with E-state index in [1.165, 1.54) is 16.7 Å². The minimum atomic E-state index is -0.00917. The standard InChI is InChI=1S/C17H21N/c1-6-14-9-8-13(5)16(10-14)15(7-2)11-17(18)12(3)4/h1,7-10,17H,3,11,18H2,2,4-5H3/b15-7-. The van der Waals surface area contributed by atoms with Crippen molar-refractivity contribution in [3.8, 4) is 12.3 Å². The van der Waals surface area contributed by atoms with Crippen molar-refractivity contribution in [1.82, 2.24) is 0 Å². The van der Waals surface area contributed by atoms with Crippen molar-refractivity contribution in [2.75, 3.05) is 0 Å². The van der Waals surface area contributed by atoms with Gasteiger partial charge in [0, 0.05) is 11.6 Å². The molecule has 1 nitrogen and oxygen atoms in total. The van der Waals surface area contributed by atoms with Gasteiger partial charge in [0.1, 0.15) is 0 Å². The molecular formula is C17H21N. The maximum absolute atomic E-state index is 6.07. The number of terminal acetylenes is 1. The molecule has 1 atom stereocenters. The summed E-state index contributed by atoms with van der Waals surface area (Å²) in [4.78, 5) is 0. The molecule has 0 amide bonds. The lowest BCUT2D eigenvalue weighted by molar-refractivity contribution is 0.796. The van der Waals surface area contributed by atoms with Gasteiger partial charge < -0.3 is 5.73 Å². The summed E-state index contributed by atoms with van der Waals surface area (Å²) in [7, 11) is 0. The van der Waals surface area contributed by atoms with Crippen molar-refractivity contribution in [2.45, 2.75) is 33.2 Å². The zero-order chi connectivity index (χ0) is 13.7.